The fourth-order valence-electron chi connectivity index (χ4n) is 3.36. The average molecular weight is 288 g/mol. The van der Waals surface area contributed by atoms with Crippen LogP contribution < -0.4 is 5.32 Å². The summed E-state index contributed by atoms with van der Waals surface area (Å²) >= 11 is 1.88. The largest absolute Gasteiger partial charge is 0.314 e. The molecular weight excluding hydrogens is 264 g/mol. The number of piperazine rings is 1. The van der Waals surface area contributed by atoms with E-state index in [0.29, 0.717) is 6.04 Å². The molecule has 1 saturated heterocycles. The van der Waals surface area contributed by atoms with E-state index in [4.69, 9.17) is 0 Å². The third-order valence-corrected chi connectivity index (χ3v) is 5.12. The fraction of sp³-hybridized carbons (Fsp3) is 0.529. The highest BCUT2D eigenvalue weighted by molar-refractivity contribution is 7.17. The Balaban J connectivity index is 2.04. The van der Waals surface area contributed by atoms with Gasteiger partial charge in [-0.2, -0.15) is 0 Å². The summed E-state index contributed by atoms with van der Waals surface area (Å²) in [6.07, 6.45) is 0. The van der Waals surface area contributed by atoms with E-state index in [1.807, 2.05) is 11.3 Å². The summed E-state index contributed by atoms with van der Waals surface area (Å²) in [6.45, 7) is 11.6. The minimum Gasteiger partial charge on any atom is -0.314 e. The number of fused-ring (bicyclic) bond motifs is 1. The second kappa shape index (κ2) is 5.47. The molecule has 0 spiro atoms. The van der Waals surface area contributed by atoms with Crippen molar-refractivity contribution in [2.45, 2.75) is 26.8 Å². The number of nitrogens with one attached hydrogen (secondary N) is 1. The van der Waals surface area contributed by atoms with Crippen LogP contribution in [-0.2, 0) is 0 Å². The third-order valence-electron chi connectivity index (χ3n) is 4.14. The van der Waals surface area contributed by atoms with E-state index in [1.54, 1.807) is 0 Å². The quantitative estimate of drug-likeness (QED) is 0.902. The zero-order valence-electron chi connectivity index (χ0n) is 12.6. The van der Waals surface area contributed by atoms with Gasteiger partial charge in [0.15, 0.2) is 0 Å². The van der Waals surface area contributed by atoms with Crippen LogP contribution in [0.5, 0.6) is 0 Å². The first-order valence-corrected chi connectivity index (χ1v) is 8.36. The third kappa shape index (κ3) is 2.62. The summed E-state index contributed by atoms with van der Waals surface area (Å²) in [5.41, 5.74) is 1.77. The van der Waals surface area contributed by atoms with Gasteiger partial charge in [0.2, 0.25) is 0 Å². The van der Waals surface area contributed by atoms with Crippen LogP contribution in [0.4, 0.5) is 0 Å². The molecule has 0 bridgehead atoms. The SMILES string of the molecule is CC(C)(C)[C@H](c1csc2ccccc12)N1CCNCC1. The first-order valence-electron chi connectivity index (χ1n) is 7.48. The second-order valence-corrected chi connectivity index (χ2v) is 7.65. The average Bonchev–Trinajstić information content (AvgIpc) is 2.83. The minimum absolute atomic E-state index is 0.251. The highest BCUT2D eigenvalue weighted by Crippen LogP contribution is 2.42. The molecule has 0 unspecified atom stereocenters. The van der Waals surface area contributed by atoms with Crippen LogP contribution in [0.15, 0.2) is 29.6 Å². The predicted molar refractivity (Wildman–Crippen MR) is 88.5 cm³/mol. The summed E-state index contributed by atoms with van der Waals surface area (Å²) in [5, 5.41) is 7.28. The molecule has 1 atom stereocenters. The van der Waals surface area contributed by atoms with Crippen molar-refractivity contribution in [3.8, 4) is 0 Å². The van der Waals surface area contributed by atoms with Crippen molar-refractivity contribution in [2.75, 3.05) is 26.2 Å². The van der Waals surface area contributed by atoms with Crippen LogP contribution in [0.25, 0.3) is 10.1 Å². The maximum Gasteiger partial charge on any atom is 0.0411 e. The molecule has 108 valence electrons. The maximum absolute atomic E-state index is 3.46. The summed E-state index contributed by atoms with van der Waals surface area (Å²) in [6, 6.07) is 9.32. The first-order chi connectivity index (χ1) is 9.57. The van der Waals surface area contributed by atoms with Crippen LogP contribution in [0, 0.1) is 5.41 Å². The van der Waals surface area contributed by atoms with Gasteiger partial charge in [-0.1, -0.05) is 39.0 Å². The lowest BCUT2D eigenvalue weighted by atomic mass is 9.81. The lowest BCUT2D eigenvalue weighted by molar-refractivity contribution is 0.0875. The summed E-state index contributed by atoms with van der Waals surface area (Å²) in [7, 11) is 0. The molecule has 1 fully saturated rings. The van der Waals surface area contributed by atoms with Gasteiger partial charge in [-0.3, -0.25) is 4.90 Å². The smallest absolute Gasteiger partial charge is 0.0411 e. The van der Waals surface area contributed by atoms with Gasteiger partial charge >= 0.3 is 0 Å². The molecule has 0 saturated carbocycles. The Morgan fingerprint density at radius 2 is 1.85 bits per heavy atom. The lowest BCUT2D eigenvalue weighted by Gasteiger charge is -2.42. The first kappa shape index (κ1) is 14.1. The Hall–Kier alpha value is -0.900. The molecule has 2 nitrogen and oxygen atoms in total. The van der Waals surface area contributed by atoms with E-state index in [0.717, 1.165) is 26.2 Å². The van der Waals surface area contributed by atoms with E-state index in [1.165, 1.54) is 15.6 Å². The zero-order valence-corrected chi connectivity index (χ0v) is 13.5. The normalized spacial score (nSPS) is 19.4. The van der Waals surface area contributed by atoms with Gasteiger partial charge in [0.1, 0.15) is 0 Å². The molecule has 3 heteroatoms. The Morgan fingerprint density at radius 3 is 2.55 bits per heavy atom. The molecule has 2 heterocycles. The Morgan fingerprint density at radius 1 is 1.15 bits per heavy atom. The van der Waals surface area contributed by atoms with Crippen LogP contribution in [-0.4, -0.2) is 31.1 Å². The van der Waals surface area contributed by atoms with Crippen LogP contribution >= 0.6 is 11.3 Å². The number of benzene rings is 1. The van der Waals surface area contributed by atoms with Crippen molar-refractivity contribution in [1.82, 2.24) is 10.2 Å². The van der Waals surface area contributed by atoms with Crippen LogP contribution in [0.1, 0.15) is 32.4 Å². The predicted octanol–water partition coefficient (Wildman–Crippen LogP) is 3.89. The summed E-state index contributed by atoms with van der Waals surface area (Å²) in [4.78, 5) is 2.66. The van der Waals surface area contributed by atoms with Crippen LogP contribution in [0.3, 0.4) is 0 Å². The Kier molecular flexibility index (Phi) is 3.85. The molecule has 1 aliphatic rings. The van der Waals surface area contributed by atoms with Gasteiger partial charge in [0.05, 0.1) is 0 Å². The Labute approximate surface area is 125 Å². The molecule has 2 aromatic rings. The molecule has 1 aliphatic heterocycles. The van der Waals surface area contributed by atoms with E-state index in [-0.39, 0.29) is 5.41 Å². The molecule has 0 amide bonds. The van der Waals surface area contributed by atoms with Crippen molar-refractivity contribution in [3.05, 3.63) is 35.2 Å². The topological polar surface area (TPSA) is 15.3 Å². The summed E-state index contributed by atoms with van der Waals surface area (Å²) < 4.78 is 1.41. The fourth-order valence-corrected chi connectivity index (χ4v) is 4.34. The van der Waals surface area contributed by atoms with Gasteiger partial charge in [-0.05, 0) is 27.8 Å². The van der Waals surface area contributed by atoms with Gasteiger partial charge in [-0.15, -0.1) is 11.3 Å². The highest BCUT2D eigenvalue weighted by atomic mass is 32.1. The van der Waals surface area contributed by atoms with Gasteiger partial charge in [0, 0.05) is 36.9 Å². The van der Waals surface area contributed by atoms with E-state index in [2.05, 4.69) is 60.6 Å². The number of nitrogens with zero attached hydrogens (tertiary/aromatic N) is 1. The van der Waals surface area contributed by atoms with Crippen molar-refractivity contribution >= 4 is 21.4 Å². The van der Waals surface area contributed by atoms with Gasteiger partial charge < -0.3 is 5.32 Å². The van der Waals surface area contributed by atoms with Crippen molar-refractivity contribution in [1.29, 1.82) is 0 Å². The van der Waals surface area contributed by atoms with Crippen molar-refractivity contribution in [3.63, 3.8) is 0 Å². The molecule has 1 aromatic carbocycles. The monoisotopic (exact) mass is 288 g/mol. The van der Waals surface area contributed by atoms with Gasteiger partial charge in [-0.25, -0.2) is 0 Å². The number of hydrogen-bond donors (Lipinski definition) is 1. The van der Waals surface area contributed by atoms with Crippen molar-refractivity contribution in [2.24, 2.45) is 5.41 Å². The Bertz CT molecular complexity index is 576. The highest BCUT2D eigenvalue weighted by Gasteiger charge is 2.33. The number of rotatable bonds is 2. The lowest BCUT2D eigenvalue weighted by Crippen LogP contribution is -2.48. The standard InChI is InChI=1S/C17H24N2S/c1-17(2,3)16(19-10-8-18-9-11-19)14-12-20-15-7-5-4-6-13(14)15/h4-7,12,16,18H,8-11H2,1-3H3/t16-/m0/s1. The molecule has 0 aliphatic carbocycles. The van der Waals surface area contributed by atoms with E-state index >= 15 is 0 Å². The zero-order chi connectivity index (χ0) is 14.2. The van der Waals surface area contributed by atoms with Crippen LogP contribution in [0.2, 0.25) is 0 Å². The molecule has 1 aromatic heterocycles. The van der Waals surface area contributed by atoms with Gasteiger partial charge in [0.25, 0.3) is 0 Å². The minimum atomic E-state index is 0.251. The molecular formula is C17H24N2S. The second-order valence-electron chi connectivity index (χ2n) is 6.74. The van der Waals surface area contributed by atoms with E-state index in [9.17, 15) is 0 Å². The van der Waals surface area contributed by atoms with Crippen molar-refractivity contribution < 1.29 is 0 Å². The molecule has 1 N–H and O–H groups in total. The number of thiophene rings is 1. The molecule has 0 radical (unpaired) electrons. The maximum atomic E-state index is 3.46. The number of hydrogen-bond acceptors (Lipinski definition) is 3. The molecule has 3 rings (SSSR count). The van der Waals surface area contributed by atoms with E-state index < -0.39 is 0 Å². The molecule has 20 heavy (non-hydrogen) atoms. The summed E-state index contributed by atoms with van der Waals surface area (Å²) in [5.74, 6) is 0.